The minimum absolute atomic E-state index is 0.956. The molecule has 4 heteroatoms. The van der Waals surface area contributed by atoms with Gasteiger partial charge in [-0.2, -0.15) is 0 Å². The molecule has 0 unspecified atom stereocenters. The molecule has 1 aliphatic rings. The molecule has 0 saturated heterocycles. The largest absolute Gasteiger partial charge is 0.354 e. The van der Waals surface area contributed by atoms with Crippen molar-refractivity contribution in [2.24, 2.45) is 0 Å². The Morgan fingerprint density at radius 2 is 1.05 bits per heavy atom. The molecule has 0 saturated carbocycles. The van der Waals surface area contributed by atoms with Gasteiger partial charge in [-0.1, -0.05) is 24.3 Å². The van der Waals surface area contributed by atoms with Gasteiger partial charge in [0.15, 0.2) is 0 Å². The third-order valence-electron chi connectivity index (χ3n) is 3.45. The van der Waals surface area contributed by atoms with Gasteiger partial charge in [0.1, 0.15) is 0 Å². The highest BCUT2D eigenvalue weighted by Gasteiger charge is 2.12. The molecule has 2 aromatic rings. The van der Waals surface area contributed by atoms with E-state index in [1.807, 2.05) is 0 Å². The van der Waals surface area contributed by atoms with E-state index >= 15 is 0 Å². The number of hydrogen-bond acceptors (Lipinski definition) is 2. The van der Waals surface area contributed by atoms with Gasteiger partial charge in [0.2, 0.25) is 0 Å². The summed E-state index contributed by atoms with van der Waals surface area (Å²) in [7, 11) is 0. The van der Waals surface area contributed by atoms with E-state index in [-0.39, 0.29) is 0 Å². The summed E-state index contributed by atoms with van der Waals surface area (Å²) in [4.78, 5) is 4.68. The summed E-state index contributed by atoms with van der Waals surface area (Å²) in [6.07, 6.45) is 4.37. The lowest BCUT2D eigenvalue weighted by molar-refractivity contribution is 0.255. The van der Waals surface area contributed by atoms with Gasteiger partial charge in [-0.25, -0.2) is 0 Å². The molecule has 0 aliphatic carbocycles. The average molecular weight is 502 g/mol. The fourth-order valence-corrected chi connectivity index (χ4v) is 3.09. The predicted molar refractivity (Wildman–Crippen MR) is 103 cm³/mol. The number of rotatable bonds is 4. The zero-order valence-electron chi connectivity index (χ0n) is 11.5. The number of benzene rings is 2. The van der Waals surface area contributed by atoms with Crippen LogP contribution in [-0.2, 0) is 13.1 Å². The van der Waals surface area contributed by atoms with E-state index in [0.29, 0.717) is 0 Å². The Labute approximate surface area is 153 Å². The molecule has 0 fully saturated rings. The number of nitrogens with zero attached hydrogens (tertiary/aromatic N) is 2. The molecule has 2 aromatic carbocycles. The van der Waals surface area contributed by atoms with Crippen molar-refractivity contribution in [2.45, 2.75) is 13.1 Å². The zero-order valence-corrected chi connectivity index (χ0v) is 15.9. The third-order valence-corrected chi connectivity index (χ3v) is 4.89. The lowest BCUT2D eigenvalue weighted by Crippen LogP contribution is -2.24. The summed E-state index contributed by atoms with van der Waals surface area (Å²) in [5, 5.41) is 0. The maximum absolute atomic E-state index is 2.34. The van der Waals surface area contributed by atoms with Crippen LogP contribution >= 0.6 is 45.2 Å². The van der Waals surface area contributed by atoms with Gasteiger partial charge in [-0.15, -0.1) is 0 Å². The smallest absolute Gasteiger partial charge is 0.0900 e. The van der Waals surface area contributed by atoms with Crippen molar-refractivity contribution >= 4 is 45.2 Å². The second-order valence-electron chi connectivity index (χ2n) is 5.19. The normalized spacial score (nSPS) is 14.0. The van der Waals surface area contributed by atoms with Gasteiger partial charge in [-0.3, -0.25) is 0 Å². The van der Waals surface area contributed by atoms with Gasteiger partial charge in [0.25, 0.3) is 0 Å². The van der Waals surface area contributed by atoms with Crippen molar-refractivity contribution in [3.05, 3.63) is 79.2 Å². The molecule has 3 rings (SSSR count). The Morgan fingerprint density at radius 3 is 1.43 bits per heavy atom. The number of hydrogen-bond donors (Lipinski definition) is 0. The minimum Gasteiger partial charge on any atom is -0.354 e. The van der Waals surface area contributed by atoms with Crippen LogP contribution in [0, 0.1) is 7.14 Å². The van der Waals surface area contributed by atoms with Crippen LogP contribution in [0.4, 0.5) is 0 Å². The SMILES string of the molecule is Ic1ccc(CN2C=CN(Cc3ccc(I)cc3)C2)cc1. The molecule has 2 nitrogen and oxygen atoms in total. The molecule has 108 valence electrons. The van der Waals surface area contributed by atoms with E-state index in [9.17, 15) is 0 Å². The first-order chi connectivity index (χ1) is 10.2. The van der Waals surface area contributed by atoms with Crippen LogP contribution in [0.2, 0.25) is 0 Å². The molecule has 21 heavy (non-hydrogen) atoms. The lowest BCUT2D eigenvalue weighted by Gasteiger charge is -2.21. The Morgan fingerprint density at radius 1 is 0.667 bits per heavy atom. The summed E-state index contributed by atoms with van der Waals surface area (Å²) < 4.78 is 2.57. The quantitative estimate of drug-likeness (QED) is 0.563. The van der Waals surface area contributed by atoms with Crippen molar-refractivity contribution in [2.75, 3.05) is 6.67 Å². The van der Waals surface area contributed by atoms with Gasteiger partial charge in [-0.05, 0) is 80.6 Å². The predicted octanol–water partition coefficient (Wildman–Crippen LogP) is 4.64. The molecular formula is C17H16I2N2. The molecule has 1 heterocycles. The van der Waals surface area contributed by atoms with Crippen molar-refractivity contribution in [1.82, 2.24) is 9.80 Å². The van der Waals surface area contributed by atoms with Crippen LogP contribution < -0.4 is 0 Å². The Hall–Kier alpha value is -0.760. The summed E-state index contributed by atoms with van der Waals surface area (Å²) >= 11 is 4.69. The summed E-state index contributed by atoms with van der Waals surface area (Å²) in [5.41, 5.74) is 2.72. The molecule has 0 atom stereocenters. The number of halogens is 2. The highest BCUT2D eigenvalue weighted by molar-refractivity contribution is 14.1. The van der Waals surface area contributed by atoms with E-state index in [0.717, 1.165) is 19.8 Å². The van der Waals surface area contributed by atoms with Crippen LogP contribution in [0.1, 0.15) is 11.1 Å². The lowest BCUT2D eigenvalue weighted by atomic mass is 10.2. The van der Waals surface area contributed by atoms with E-state index in [1.54, 1.807) is 0 Å². The molecule has 0 radical (unpaired) electrons. The Kier molecular flexibility index (Phi) is 5.05. The van der Waals surface area contributed by atoms with Crippen LogP contribution in [0.5, 0.6) is 0 Å². The van der Waals surface area contributed by atoms with E-state index in [2.05, 4.69) is 116 Å². The summed E-state index contributed by atoms with van der Waals surface area (Å²) in [6, 6.07) is 17.5. The van der Waals surface area contributed by atoms with Crippen molar-refractivity contribution in [3.63, 3.8) is 0 Å². The van der Waals surface area contributed by atoms with Crippen molar-refractivity contribution in [1.29, 1.82) is 0 Å². The van der Waals surface area contributed by atoms with Crippen LogP contribution in [0.15, 0.2) is 60.9 Å². The first-order valence-electron chi connectivity index (χ1n) is 6.84. The molecule has 1 aliphatic heterocycles. The standard InChI is InChI=1S/C17H16I2N2/c18-16-5-1-14(2-6-16)11-20-9-10-21(13-20)12-15-3-7-17(19)8-4-15/h1-10H,11-13H2. The van der Waals surface area contributed by atoms with E-state index in [1.165, 1.54) is 18.3 Å². The van der Waals surface area contributed by atoms with E-state index in [4.69, 9.17) is 0 Å². The van der Waals surface area contributed by atoms with Crippen LogP contribution in [-0.4, -0.2) is 16.5 Å². The van der Waals surface area contributed by atoms with Gasteiger partial charge < -0.3 is 9.80 Å². The van der Waals surface area contributed by atoms with Crippen LogP contribution in [0.3, 0.4) is 0 Å². The van der Waals surface area contributed by atoms with Gasteiger partial charge in [0, 0.05) is 32.6 Å². The first-order valence-corrected chi connectivity index (χ1v) is 9.00. The Bertz CT molecular complexity index is 565. The highest BCUT2D eigenvalue weighted by atomic mass is 127. The Balaban J connectivity index is 1.55. The summed E-state index contributed by atoms with van der Waals surface area (Å²) in [6.45, 7) is 2.89. The third kappa shape index (κ3) is 4.35. The molecule has 0 aromatic heterocycles. The highest BCUT2D eigenvalue weighted by Crippen LogP contribution is 2.16. The first kappa shape index (κ1) is 15.1. The van der Waals surface area contributed by atoms with Gasteiger partial charge >= 0.3 is 0 Å². The molecular weight excluding hydrogens is 486 g/mol. The zero-order chi connectivity index (χ0) is 14.7. The fourth-order valence-electron chi connectivity index (χ4n) is 2.37. The van der Waals surface area contributed by atoms with Crippen molar-refractivity contribution in [3.8, 4) is 0 Å². The second kappa shape index (κ2) is 7.00. The maximum Gasteiger partial charge on any atom is 0.0900 e. The molecule has 0 spiro atoms. The second-order valence-corrected chi connectivity index (χ2v) is 7.68. The minimum atomic E-state index is 0.956. The maximum atomic E-state index is 2.34. The van der Waals surface area contributed by atoms with Gasteiger partial charge in [0.05, 0.1) is 6.67 Å². The monoisotopic (exact) mass is 502 g/mol. The molecule has 0 bridgehead atoms. The summed E-state index contributed by atoms with van der Waals surface area (Å²) in [5.74, 6) is 0. The molecule has 0 amide bonds. The van der Waals surface area contributed by atoms with E-state index < -0.39 is 0 Å². The van der Waals surface area contributed by atoms with Crippen LogP contribution in [0.25, 0.3) is 0 Å². The van der Waals surface area contributed by atoms with Crippen molar-refractivity contribution < 1.29 is 0 Å². The average Bonchev–Trinajstić information content (AvgIpc) is 2.91. The topological polar surface area (TPSA) is 6.48 Å². The fraction of sp³-hybridized carbons (Fsp3) is 0.176. The molecule has 0 N–H and O–H groups in total.